The van der Waals surface area contributed by atoms with E-state index in [1.807, 2.05) is 31.2 Å². The summed E-state index contributed by atoms with van der Waals surface area (Å²) in [5, 5.41) is 0.642. The minimum absolute atomic E-state index is 0.291. The van der Waals surface area contributed by atoms with Gasteiger partial charge in [0.2, 0.25) is 0 Å². The van der Waals surface area contributed by atoms with Crippen molar-refractivity contribution in [2.75, 3.05) is 6.26 Å². The molecule has 0 aliphatic carbocycles. The fourth-order valence-electron chi connectivity index (χ4n) is 2.68. The first kappa shape index (κ1) is 19.9. The molecule has 134 valence electrons. The first-order valence-corrected chi connectivity index (χ1v) is 10.3. The Kier molecular flexibility index (Phi) is 7.86. The summed E-state index contributed by atoms with van der Waals surface area (Å²) in [6, 6.07) is 12.2. The number of carbonyl (C=O) groups is 1. The van der Waals surface area contributed by atoms with Gasteiger partial charge in [-0.15, -0.1) is 11.8 Å². The van der Waals surface area contributed by atoms with Crippen LogP contribution in [-0.4, -0.2) is 12.0 Å². The Morgan fingerprint density at radius 2 is 2.00 bits per heavy atom. The molecule has 0 spiro atoms. The summed E-state index contributed by atoms with van der Waals surface area (Å²) in [6.45, 7) is 4.47. The zero-order chi connectivity index (χ0) is 18.2. The van der Waals surface area contributed by atoms with Crippen molar-refractivity contribution in [1.29, 1.82) is 0 Å². The highest BCUT2D eigenvalue weighted by atomic mass is 35.5. The van der Waals surface area contributed by atoms with Crippen molar-refractivity contribution >= 4 is 29.1 Å². The second kappa shape index (κ2) is 9.88. The minimum Gasteiger partial charge on any atom is -0.487 e. The van der Waals surface area contributed by atoms with Gasteiger partial charge in [-0.3, -0.25) is 4.79 Å². The second-order valence-corrected chi connectivity index (χ2v) is 7.15. The molecule has 25 heavy (non-hydrogen) atoms. The van der Waals surface area contributed by atoms with Crippen molar-refractivity contribution in [1.82, 2.24) is 0 Å². The lowest BCUT2D eigenvalue weighted by Gasteiger charge is -2.15. The molecule has 0 heterocycles. The maximum Gasteiger partial charge on any atom is 0.138 e. The van der Waals surface area contributed by atoms with Gasteiger partial charge < -0.3 is 4.74 Å². The summed E-state index contributed by atoms with van der Waals surface area (Å²) in [5.41, 5.74) is 3.52. The van der Waals surface area contributed by atoms with E-state index in [0.717, 1.165) is 18.4 Å². The van der Waals surface area contributed by atoms with E-state index in [4.69, 9.17) is 16.3 Å². The third-order valence-corrected chi connectivity index (χ3v) is 5.41. The number of Topliss-reactive ketones (excluding diaryl/α,β-unsaturated/α-hetero) is 1. The number of rotatable bonds is 9. The molecule has 4 heteroatoms. The van der Waals surface area contributed by atoms with E-state index in [0.29, 0.717) is 36.0 Å². The van der Waals surface area contributed by atoms with E-state index in [1.165, 1.54) is 16.0 Å². The molecule has 0 aliphatic rings. The number of halogens is 1. The van der Waals surface area contributed by atoms with E-state index in [2.05, 4.69) is 25.3 Å². The summed E-state index contributed by atoms with van der Waals surface area (Å²) in [7, 11) is 0. The van der Waals surface area contributed by atoms with Crippen LogP contribution in [0.15, 0.2) is 41.3 Å². The van der Waals surface area contributed by atoms with Gasteiger partial charge >= 0.3 is 0 Å². The summed E-state index contributed by atoms with van der Waals surface area (Å²) in [6.07, 6.45) is 4.93. The van der Waals surface area contributed by atoms with Crippen LogP contribution in [0.1, 0.15) is 43.4 Å². The summed E-state index contributed by atoms with van der Waals surface area (Å²) in [5.74, 6) is 0.991. The van der Waals surface area contributed by atoms with Gasteiger partial charge in [0.15, 0.2) is 0 Å². The maximum absolute atomic E-state index is 11.7. The first-order chi connectivity index (χ1) is 12.1. The molecule has 0 radical (unpaired) electrons. The van der Waals surface area contributed by atoms with Crippen molar-refractivity contribution in [3.8, 4) is 5.75 Å². The number of hydrogen-bond donors (Lipinski definition) is 0. The topological polar surface area (TPSA) is 26.3 Å². The van der Waals surface area contributed by atoms with Crippen LogP contribution in [0.2, 0.25) is 5.02 Å². The van der Waals surface area contributed by atoms with Gasteiger partial charge in [-0.2, -0.15) is 0 Å². The Labute approximate surface area is 159 Å². The molecule has 2 aromatic rings. The molecule has 0 aromatic heterocycles. The van der Waals surface area contributed by atoms with Crippen LogP contribution in [0.4, 0.5) is 0 Å². The third-order valence-electron chi connectivity index (χ3n) is 4.29. The Morgan fingerprint density at radius 1 is 1.20 bits per heavy atom. The Morgan fingerprint density at radius 3 is 2.64 bits per heavy atom. The molecule has 0 saturated heterocycles. The van der Waals surface area contributed by atoms with Crippen molar-refractivity contribution in [2.24, 2.45) is 0 Å². The van der Waals surface area contributed by atoms with Crippen LogP contribution >= 0.6 is 23.4 Å². The lowest BCUT2D eigenvalue weighted by molar-refractivity contribution is -0.118. The minimum atomic E-state index is 0.291. The van der Waals surface area contributed by atoms with E-state index >= 15 is 0 Å². The van der Waals surface area contributed by atoms with Gasteiger partial charge in [-0.1, -0.05) is 43.6 Å². The van der Waals surface area contributed by atoms with E-state index in [1.54, 1.807) is 11.8 Å². The number of aryl methyl sites for hydroxylation is 2. The number of ether oxygens (including phenoxy) is 1. The predicted octanol–water partition coefficient (Wildman–Crippen LogP) is 6.12. The maximum atomic E-state index is 11.7. The number of benzene rings is 2. The highest BCUT2D eigenvalue weighted by Gasteiger charge is 2.11. The Hall–Kier alpha value is -1.45. The molecular weight excluding hydrogens is 352 g/mol. The van der Waals surface area contributed by atoms with Crippen molar-refractivity contribution in [2.45, 2.75) is 51.0 Å². The number of ketones is 1. The van der Waals surface area contributed by atoms with Crippen LogP contribution in [0, 0.1) is 0 Å². The molecule has 0 amide bonds. The standard InChI is InChI=1S/C21H25ClO2S/c1-4-15-9-12-20(19(22)13-15)24-14-18-16(10-11-17(23)5-2)7-6-8-21(18)25-3/h6-9,12-13H,4-5,10-11,14H2,1-3H3. The van der Waals surface area contributed by atoms with Gasteiger partial charge in [0.1, 0.15) is 18.1 Å². The molecule has 0 bridgehead atoms. The molecule has 0 atom stereocenters. The van der Waals surface area contributed by atoms with Gasteiger partial charge in [0.25, 0.3) is 0 Å². The molecule has 0 aliphatic heterocycles. The van der Waals surface area contributed by atoms with Gasteiger partial charge in [0, 0.05) is 23.3 Å². The van der Waals surface area contributed by atoms with E-state index < -0.39 is 0 Å². The summed E-state index contributed by atoms with van der Waals surface area (Å²) >= 11 is 8.03. The molecule has 0 N–H and O–H groups in total. The number of hydrogen-bond acceptors (Lipinski definition) is 3. The van der Waals surface area contributed by atoms with Crippen LogP contribution in [0.5, 0.6) is 5.75 Å². The van der Waals surface area contributed by atoms with Crippen LogP contribution in [-0.2, 0) is 24.2 Å². The normalized spacial score (nSPS) is 10.7. The fourth-order valence-corrected chi connectivity index (χ4v) is 3.59. The molecule has 2 nitrogen and oxygen atoms in total. The quantitative estimate of drug-likeness (QED) is 0.493. The zero-order valence-corrected chi connectivity index (χ0v) is 16.7. The van der Waals surface area contributed by atoms with Crippen LogP contribution in [0.3, 0.4) is 0 Å². The molecule has 0 saturated carbocycles. The van der Waals surface area contributed by atoms with Crippen molar-refractivity contribution < 1.29 is 9.53 Å². The highest BCUT2D eigenvalue weighted by molar-refractivity contribution is 7.98. The number of carbonyl (C=O) groups excluding carboxylic acids is 1. The van der Waals surface area contributed by atoms with Gasteiger partial charge in [0.05, 0.1) is 5.02 Å². The predicted molar refractivity (Wildman–Crippen MR) is 107 cm³/mol. The molecule has 0 unspecified atom stereocenters. The molecule has 2 rings (SSSR count). The average molecular weight is 377 g/mol. The van der Waals surface area contributed by atoms with Crippen LogP contribution < -0.4 is 4.74 Å². The van der Waals surface area contributed by atoms with Crippen LogP contribution in [0.25, 0.3) is 0 Å². The second-order valence-electron chi connectivity index (χ2n) is 5.90. The lowest BCUT2D eigenvalue weighted by atomic mass is 10.0. The first-order valence-electron chi connectivity index (χ1n) is 8.66. The molecule has 0 fully saturated rings. The summed E-state index contributed by atoms with van der Waals surface area (Å²) in [4.78, 5) is 12.9. The molecule has 2 aromatic carbocycles. The smallest absolute Gasteiger partial charge is 0.138 e. The van der Waals surface area contributed by atoms with Gasteiger partial charge in [-0.25, -0.2) is 0 Å². The number of thioether (sulfide) groups is 1. The highest BCUT2D eigenvalue weighted by Crippen LogP contribution is 2.30. The lowest BCUT2D eigenvalue weighted by Crippen LogP contribution is -2.05. The van der Waals surface area contributed by atoms with Crippen molar-refractivity contribution in [3.63, 3.8) is 0 Å². The monoisotopic (exact) mass is 376 g/mol. The Balaban J connectivity index is 2.18. The molecular formula is C21H25ClO2S. The van der Waals surface area contributed by atoms with E-state index in [-0.39, 0.29) is 0 Å². The van der Waals surface area contributed by atoms with Gasteiger partial charge in [-0.05, 0) is 48.4 Å². The summed E-state index contributed by atoms with van der Waals surface area (Å²) < 4.78 is 6.01. The Bertz CT molecular complexity index is 728. The largest absolute Gasteiger partial charge is 0.487 e. The zero-order valence-electron chi connectivity index (χ0n) is 15.1. The SMILES string of the molecule is CCC(=O)CCc1cccc(SC)c1COc1ccc(CC)cc1Cl. The fraction of sp³-hybridized carbons (Fsp3) is 0.381. The van der Waals surface area contributed by atoms with E-state index in [9.17, 15) is 4.79 Å². The van der Waals surface area contributed by atoms with Crippen molar-refractivity contribution in [3.05, 3.63) is 58.1 Å². The average Bonchev–Trinajstić information content (AvgIpc) is 2.64. The third kappa shape index (κ3) is 5.52.